The summed E-state index contributed by atoms with van der Waals surface area (Å²) in [4.78, 5) is 13.4. The van der Waals surface area contributed by atoms with Crippen LogP contribution in [0.2, 0.25) is 0 Å². The first-order valence-electron chi connectivity index (χ1n) is 23.9. The Kier molecular flexibility index (Phi) is 6.37. The third kappa shape index (κ3) is 6.28. The maximum atomic E-state index is 8.44. The van der Waals surface area contributed by atoms with E-state index in [1.54, 1.807) is 42.5 Å². The van der Waals surface area contributed by atoms with Crippen LogP contribution in [0.25, 0.3) is 93.8 Å². The van der Waals surface area contributed by atoms with E-state index in [4.69, 9.17) is 25.9 Å². The number of nitrogens with zero attached hydrogens (tertiary/aromatic N) is 4. The molecular weight excluding hydrogens is 877 g/mol. The van der Waals surface area contributed by atoms with Crippen LogP contribution < -0.4 is 0 Å². The summed E-state index contributed by atoms with van der Waals surface area (Å²) in [5.74, 6) is 0.437. The molecule has 0 saturated carbocycles. The van der Waals surface area contributed by atoms with E-state index in [1.165, 1.54) is 30.5 Å². The molecule has 1 radical (unpaired) electrons. The molecular formula is C51H36IrN4O-2. The molecule has 277 valence electrons. The van der Waals surface area contributed by atoms with Gasteiger partial charge in [0.05, 0.1) is 22.4 Å². The third-order valence-corrected chi connectivity index (χ3v) is 10.0. The molecule has 11 rings (SSSR count). The molecule has 0 spiro atoms. The molecule has 0 aliphatic carbocycles. The standard InChI is InChI=1S/C38H24N3O.C13H12N.Ir/c1-22-9-7-16-34-35(22)41(37(40-34)32-15-8-14-30-31-19-17-23(2)39-38(31)42-36(30)32)24-18-20-29-27-12-4-3-10-25(27)26-11-5-6-13-28(26)33(29)21-24;1-10-3-6-12(7-4-10)13-8-5-11(2)9-14-13;/h3-14,16-21H,1-2H3;3-6,8-9H,1-2H3;/q2*-1;/i2*1D3,2D3;. The number of hydrogen-bond donors (Lipinski definition) is 0. The monoisotopic (exact) mass is 925 g/mol. The summed E-state index contributed by atoms with van der Waals surface area (Å²) in [6.07, 6.45) is 1.30. The molecule has 0 aliphatic heterocycles. The molecule has 11 aromatic rings. The topological polar surface area (TPSA) is 56.7 Å². The molecule has 57 heavy (non-hydrogen) atoms. The van der Waals surface area contributed by atoms with Crippen LogP contribution in [0.3, 0.4) is 0 Å². The Morgan fingerprint density at radius 2 is 1.37 bits per heavy atom. The van der Waals surface area contributed by atoms with E-state index in [1.807, 2.05) is 41.0 Å². The van der Waals surface area contributed by atoms with Gasteiger partial charge in [-0.25, -0.2) is 4.98 Å². The number of aromatic nitrogens is 4. The molecule has 5 nitrogen and oxygen atoms in total. The fourth-order valence-electron chi connectivity index (χ4n) is 7.51. The zero-order chi connectivity index (χ0) is 47.9. The first-order valence-corrected chi connectivity index (χ1v) is 17.9. The zero-order valence-corrected chi connectivity index (χ0v) is 32.3. The molecule has 0 fully saturated rings. The minimum atomic E-state index is -2.42. The zero-order valence-electron chi connectivity index (χ0n) is 41.9. The van der Waals surface area contributed by atoms with Crippen molar-refractivity contribution in [1.82, 2.24) is 19.5 Å². The van der Waals surface area contributed by atoms with E-state index in [0.717, 1.165) is 38.0 Å². The quantitative estimate of drug-likeness (QED) is 0.131. The van der Waals surface area contributed by atoms with Gasteiger partial charge in [-0.3, -0.25) is 4.98 Å². The van der Waals surface area contributed by atoms with Crippen LogP contribution >= 0.6 is 0 Å². The van der Waals surface area contributed by atoms with Gasteiger partial charge in [-0.15, -0.1) is 53.6 Å². The molecule has 0 N–H and O–H groups in total. The van der Waals surface area contributed by atoms with Crippen molar-refractivity contribution in [2.45, 2.75) is 27.4 Å². The number of pyridine rings is 2. The Morgan fingerprint density at radius 3 is 2.07 bits per heavy atom. The maximum absolute atomic E-state index is 8.44. The van der Waals surface area contributed by atoms with Crippen molar-refractivity contribution in [3.05, 3.63) is 180 Å². The summed E-state index contributed by atoms with van der Waals surface area (Å²) in [6.45, 7) is -9.15. The number of para-hydroxylation sites is 1. The van der Waals surface area contributed by atoms with Crippen molar-refractivity contribution in [2.75, 3.05) is 0 Å². The average molecular weight is 925 g/mol. The van der Waals surface area contributed by atoms with Crippen LogP contribution in [-0.2, 0) is 20.1 Å². The third-order valence-electron chi connectivity index (χ3n) is 10.0. The predicted octanol–water partition coefficient (Wildman–Crippen LogP) is 13.0. The molecule has 4 aromatic heterocycles. The fourth-order valence-corrected chi connectivity index (χ4v) is 7.51. The van der Waals surface area contributed by atoms with E-state index < -0.39 is 27.4 Å². The number of benzene rings is 7. The molecule has 0 saturated heterocycles. The first kappa shape index (κ1) is 24.9. The van der Waals surface area contributed by atoms with Gasteiger partial charge in [0, 0.05) is 59.5 Å². The van der Waals surface area contributed by atoms with Gasteiger partial charge >= 0.3 is 0 Å². The molecule has 4 heterocycles. The van der Waals surface area contributed by atoms with Gasteiger partial charge in [0.1, 0.15) is 0 Å². The molecule has 0 aliphatic rings. The van der Waals surface area contributed by atoms with E-state index in [-0.39, 0.29) is 48.2 Å². The Labute approximate surface area is 360 Å². The first-order chi connectivity index (χ1) is 32.3. The van der Waals surface area contributed by atoms with Crippen molar-refractivity contribution in [3.63, 3.8) is 0 Å². The molecule has 0 atom stereocenters. The normalized spacial score (nSPS) is 15.4. The van der Waals surface area contributed by atoms with Crippen LogP contribution in [0.5, 0.6) is 0 Å². The van der Waals surface area contributed by atoms with E-state index in [2.05, 4.69) is 58.5 Å². The van der Waals surface area contributed by atoms with Crippen LogP contribution in [-0.4, -0.2) is 19.5 Å². The summed E-state index contributed by atoms with van der Waals surface area (Å²) >= 11 is 0. The number of rotatable bonds is 3. The van der Waals surface area contributed by atoms with E-state index in [9.17, 15) is 0 Å². The largest absolute Gasteiger partial charge is 0.486 e. The van der Waals surface area contributed by atoms with Crippen molar-refractivity contribution in [3.8, 4) is 28.3 Å². The molecule has 0 unspecified atom stereocenters. The van der Waals surface area contributed by atoms with Crippen LogP contribution in [0.1, 0.15) is 38.8 Å². The fraction of sp³-hybridized carbons (Fsp3) is 0.0784. The number of hydrogen-bond acceptors (Lipinski definition) is 4. The summed E-state index contributed by atoms with van der Waals surface area (Å²) < 4.78 is 101. The summed E-state index contributed by atoms with van der Waals surface area (Å²) in [6, 6.07) is 48.5. The van der Waals surface area contributed by atoms with E-state index >= 15 is 0 Å². The summed E-state index contributed by atoms with van der Waals surface area (Å²) in [7, 11) is 0. The van der Waals surface area contributed by atoms with Crippen LogP contribution in [0.15, 0.2) is 150 Å². The minimum Gasteiger partial charge on any atom is -0.486 e. The van der Waals surface area contributed by atoms with Gasteiger partial charge in [-0.05, 0) is 100 Å². The molecule has 0 bridgehead atoms. The van der Waals surface area contributed by atoms with Gasteiger partial charge < -0.3 is 14.0 Å². The van der Waals surface area contributed by atoms with Crippen molar-refractivity contribution < 1.29 is 41.0 Å². The van der Waals surface area contributed by atoms with Gasteiger partial charge in [-0.2, -0.15) is 0 Å². The van der Waals surface area contributed by atoms with Crippen LogP contribution in [0.4, 0.5) is 0 Å². The van der Waals surface area contributed by atoms with Crippen molar-refractivity contribution in [1.29, 1.82) is 0 Å². The minimum absolute atomic E-state index is 0. The van der Waals surface area contributed by atoms with Crippen LogP contribution in [0, 0.1) is 39.5 Å². The summed E-state index contributed by atoms with van der Waals surface area (Å²) in [5.41, 5.74) is 4.45. The van der Waals surface area contributed by atoms with E-state index in [0.29, 0.717) is 50.0 Å². The van der Waals surface area contributed by atoms with Crippen molar-refractivity contribution >= 4 is 65.4 Å². The van der Waals surface area contributed by atoms with Gasteiger partial charge in [-0.1, -0.05) is 96.7 Å². The Bertz CT molecular complexity index is 3650. The maximum Gasteiger partial charge on any atom is 0.216 e. The Morgan fingerprint density at radius 1 is 0.614 bits per heavy atom. The Balaban J connectivity index is 0.000000238. The van der Waals surface area contributed by atoms with Gasteiger partial charge in [0.25, 0.3) is 0 Å². The Hall–Kier alpha value is -6.46. The van der Waals surface area contributed by atoms with Gasteiger partial charge in [0.2, 0.25) is 5.71 Å². The molecule has 6 heteroatoms. The molecule has 0 amide bonds. The predicted molar refractivity (Wildman–Crippen MR) is 230 cm³/mol. The van der Waals surface area contributed by atoms with Gasteiger partial charge in [0.15, 0.2) is 0 Å². The number of imidazole rings is 1. The second-order valence-corrected chi connectivity index (χ2v) is 13.4. The van der Waals surface area contributed by atoms with Crippen molar-refractivity contribution in [2.24, 2.45) is 0 Å². The number of fused-ring (bicyclic) bond motifs is 10. The SMILES string of the molecule is [2H]C([2H])([2H])c1c[c-]c(-c2ccc(C([2H])([2H])[2H])cn2)cc1.[2H]C([2H])([2H])c1ccc2c(n1)oc1c(-c3nc4cccc(C([2H])([2H])[2H])c4n3-c3ccc4c5ccccc5c5ccccc5c4c3)[c-]ccc12.[Ir]. The average Bonchev–Trinajstić information content (AvgIpc) is 3.89. The number of aryl methyl sites for hydroxylation is 4. The second kappa shape index (κ2) is 14.6. The number of furan rings is 1. The second-order valence-electron chi connectivity index (χ2n) is 13.4. The summed E-state index contributed by atoms with van der Waals surface area (Å²) in [5, 5.41) is 7.97. The smallest absolute Gasteiger partial charge is 0.216 e. The molecule has 7 aromatic carbocycles.